The smallest absolute Gasteiger partial charge is 0.0470 e. The normalized spacial score (nSPS) is 10.8. The molecule has 0 unspecified atom stereocenters. The minimum atomic E-state index is 1.09. The van der Waals surface area contributed by atoms with E-state index < -0.39 is 0 Å². The second kappa shape index (κ2) is 7.65. The predicted molar refractivity (Wildman–Crippen MR) is 125 cm³/mol. The van der Waals surface area contributed by atoms with Gasteiger partial charge in [0, 0.05) is 16.8 Å². The number of anilines is 2. The molecule has 29 heavy (non-hydrogen) atoms. The lowest BCUT2D eigenvalue weighted by atomic mass is 9.95. The number of rotatable bonds is 4. The average Bonchev–Trinajstić information content (AvgIpc) is 2.80. The van der Waals surface area contributed by atoms with E-state index in [0.29, 0.717) is 0 Å². The van der Waals surface area contributed by atoms with Gasteiger partial charge < -0.3 is 5.32 Å². The number of hydrogen-bond donors (Lipinski definition) is 1. The molecule has 0 bridgehead atoms. The van der Waals surface area contributed by atoms with Crippen LogP contribution in [0.1, 0.15) is 0 Å². The molecular weight excluding hydrogens is 350 g/mol. The molecule has 5 aromatic carbocycles. The quantitative estimate of drug-likeness (QED) is 0.338. The summed E-state index contributed by atoms with van der Waals surface area (Å²) in [6.45, 7) is 0. The number of nitrogens with one attached hydrogen (secondary N) is 1. The fourth-order valence-corrected chi connectivity index (χ4v) is 3.84. The van der Waals surface area contributed by atoms with Gasteiger partial charge in [-0.25, -0.2) is 0 Å². The minimum absolute atomic E-state index is 1.09. The maximum Gasteiger partial charge on any atom is 0.0470 e. The summed E-state index contributed by atoms with van der Waals surface area (Å²) in [6.07, 6.45) is 0. The molecule has 0 aromatic heterocycles. The summed E-state index contributed by atoms with van der Waals surface area (Å²) < 4.78 is 0. The van der Waals surface area contributed by atoms with Crippen molar-refractivity contribution in [3.05, 3.63) is 121 Å². The topological polar surface area (TPSA) is 12.0 Å². The van der Waals surface area contributed by atoms with Gasteiger partial charge in [0.1, 0.15) is 0 Å². The fraction of sp³-hybridized carbons (Fsp3) is 0. The Balaban J connectivity index is 1.60. The van der Waals surface area contributed by atoms with Crippen LogP contribution in [0.3, 0.4) is 0 Å². The van der Waals surface area contributed by atoms with E-state index in [0.717, 1.165) is 11.4 Å². The lowest BCUT2D eigenvalue weighted by molar-refractivity contribution is 1.57. The van der Waals surface area contributed by atoms with Gasteiger partial charge in [-0.1, -0.05) is 103 Å². The van der Waals surface area contributed by atoms with Gasteiger partial charge >= 0.3 is 0 Å². The van der Waals surface area contributed by atoms with Crippen LogP contribution in [0.15, 0.2) is 121 Å². The molecule has 1 nitrogen and oxygen atoms in total. The van der Waals surface area contributed by atoms with Crippen molar-refractivity contribution in [2.45, 2.75) is 0 Å². The SMILES string of the molecule is c1ccc(Nc2cccc3cccc(-c4ccc(-c5ccccc5)cc4)c23)cc1. The van der Waals surface area contributed by atoms with Crippen LogP contribution in [0.4, 0.5) is 11.4 Å². The summed E-state index contributed by atoms with van der Waals surface area (Å²) >= 11 is 0. The van der Waals surface area contributed by atoms with Crippen LogP contribution in [0.5, 0.6) is 0 Å². The molecule has 0 aliphatic rings. The minimum Gasteiger partial charge on any atom is -0.355 e. The highest BCUT2D eigenvalue weighted by Gasteiger charge is 2.09. The molecule has 0 spiro atoms. The molecule has 138 valence electrons. The summed E-state index contributed by atoms with van der Waals surface area (Å²) in [4.78, 5) is 0. The molecule has 0 fully saturated rings. The Bertz CT molecular complexity index is 1240. The third-order valence-electron chi connectivity index (χ3n) is 5.26. The molecule has 5 rings (SSSR count). The molecule has 5 aromatic rings. The maximum absolute atomic E-state index is 3.59. The summed E-state index contributed by atoms with van der Waals surface area (Å²) in [7, 11) is 0. The average molecular weight is 371 g/mol. The second-order valence-corrected chi connectivity index (χ2v) is 7.14. The van der Waals surface area contributed by atoms with Crippen LogP contribution in [-0.4, -0.2) is 0 Å². The second-order valence-electron chi connectivity index (χ2n) is 7.14. The van der Waals surface area contributed by atoms with Crippen molar-refractivity contribution in [1.29, 1.82) is 0 Å². The molecule has 0 radical (unpaired) electrons. The van der Waals surface area contributed by atoms with Crippen molar-refractivity contribution in [3.63, 3.8) is 0 Å². The Morgan fingerprint density at radius 2 is 1.00 bits per heavy atom. The fourth-order valence-electron chi connectivity index (χ4n) is 3.84. The lowest BCUT2D eigenvalue weighted by Crippen LogP contribution is -1.93. The first kappa shape index (κ1) is 17.3. The van der Waals surface area contributed by atoms with Crippen LogP contribution in [0, 0.1) is 0 Å². The Hall–Kier alpha value is -3.84. The number of benzene rings is 5. The lowest BCUT2D eigenvalue weighted by Gasteiger charge is -2.14. The molecule has 0 heterocycles. The van der Waals surface area contributed by atoms with E-state index in [-0.39, 0.29) is 0 Å². The van der Waals surface area contributed by atoms with Gasteiger partial charge in [0.05, 0.1) is 0 Å². The first-order valence-electron chi connectivity index (χ1n) is 9.88. The van der Waals surface area contributed by atoms with Gasteiger partial charge in [0.25, 0.3) is 0 Å². The van der Waals surface area contributed by atoms with Gasteiger partial charge in [-0.15, -0.1) is 0 Å². The van der Waals surface area contributed by atoms with Gasteiger partial charge in [-0.05, 0) is 45.8 Å². The standard InChI is InChI=1S/C28H21N/c1-3-9-21(10-4-1)22-17-19-23(20-18-22)26-15-7-11-24-12-8-16-27(28(24)26)29-25-13-5-2-6-14-25/h1-20,29H. The van der Waals surface area contributed by atoms with Gasteiger partial charge in [-0.3, -0.25) is 0 Å². The first-order chi connectivity index (χ1) is 14.4. The molecule has 0 saturated carbocycles. The molecular formula is C28H21N. The summed E-state index contributed by atoms with van der Waals surface area (Å²) in [5.74, 6) is 0. The molecule has 0 atom stereocenters. The van der Waals surface area contributed by atoms with Crippen molar-refractivity contribution in [1.82, 2.24) is 0 Å². The largest absolute Gasteiger partial charge is 0.355 e. The van der Waals surface area contributed by atoms with Crippen molar-refractivity contribution in [2.75, 3.05) is 5.32 Å². The van der Waals surface area contributed by atoms with Crippen molar-refractivity contribution >= 4 is 22.1 Å². The Morgan fingerprint density at radius 1 is 0.414 bits per heavy atom. The van der Waals surface area contributed by atoms with E-state index in [2.05, 4.69) is 121 Å². The van der Waals surface area contributed by atoms with E-state index in [1.807, 2.05) is 6.07 Å². The highest BCUT2D eigenvalue weighted by atomic mass is 14.9. The monoisotopic (exact) mass is 371 g/mol. The highest BCUT2D eigenvalue weighted by molar-refractivity contribution is 6.05. The summed E-state index contributed by atoms with van der Waals surface area (Å²) in [5.41, 5.74) is 7.14. The Labute approximate surface area is 171 Å². The molecule has 0 amide bonds. The summed E-state index contributed by atoms with van der Waals surface area (Å²) in [5, 5.41) is 6.07. The van der Waals surface area contributed by atoms with E-state index in [4.69, 9.17) is 0 Å². The molecule has 0 saturated heterocycles. The van der Waals surface area contributed by atoms with Gasteiger partial charge in [0.2, 0.25) is 0 Å². The van der Waals surface area contributed by atoms with Crippen LogP contribution in [-0.2, 0) is 0 Å². The van der Waals surface area contributed by atoms with Crippen molar-refractivity contribution < 1.29 is 0 Å². The highest BCUT2D eigenvalue weighted by Crippen LogP contribution is 2.36. The molecule has 0 aliphatic carbocycles. The van der Waals surface area contributed by atoms with E-state index >= 15 is 0 Å². The van der Waals surface area contributed by atoms with Crippen LogP contribution < -0.4 is 5.32 Å². The Morgan fingerprint density at radius 3 is 1.72 bits per heavy atom. The zero-order chi connectivity index (χ0) is 19.5. The Kier molecular flexibility index (Phi) is 4.56. The van der Waals surface area contributed by atoms with E-state index in [1.165, 1.54) is 33.0 Å². The van der Waals surface area contributed by atoms with E-state index in [1.54, 1.807) is 0 Å². The van der Waals surface area contributed by atoms with E-state index in [9.17, 15) is 0 Å². The van der Waals surface area contributed by atoms with Crippen LogP contribution >= 0.6 is 0 Å². The molecule has 0 aliphatic heterocycles. The zero-order valence-electron chi connectivity index (χ0n) is 16.0. The number of hydrogen-bond acceptors (Lipinski definition) is 1. The number of para-hydroxylation sites is 1. The zero-order valence-corrected chi connectivity index (χ0v) is 16.0. The molecule has 1 heteroatoms. The summed E-state index contributed by atoms with van der Waals surface area (Å²) in [6, 6.07) is 42.6. The van der Waals surface area contributed by atoms with Gasteiger partial charge in [0.15, 0.2) is 0 Å². The molecule has 1 N–H and O–H groups in total. The van der Waals surface area contributed by atoms with Crippen LogP contribution in [0.2, 0.25) is 0 Å². The van der Waals surface area contributed by atoms with Gasteiger partial charge in [-0.2, -0.15) is 0 Å². The van der Waals surface area contributed by atoms with Crippen molar-refractivity contribution in [3.8, 4) is 22.3 Å². The third-order valence-corrected chi connectivity index (χ3v) is 5.26. The van der Waals surface area contributed by atoms with Crippen LogP contribution in [0.25, 0.3) is 33.0 Å². The van der Waals surface area contributed by atoms with Crippen molar-refractivity contribution in [2.24, 2.45) is 0 Å². The first-order valence-corrected chi connectivity index (χ1v) is 9.88. The predicted octanol–water partition coefficient (Wildman–Crippen LogP) is 7.92. The number of fused-ring (bicyclic) bond motifs is 1. The maximum atomic E-state index is 3.59. The third kappa shape index (κ3) is 3.51.